The Balaban J connectivity index is 1.37. The third-order valence-electron chi connectivity index (χ3n) is 8.04. The molecule has 3 aliphatic rings. The number of amides is 1. The molecule has 3 N–H and O–H groups in total. The van der Waals surface area contributed by atoms with Gasteiger partial charge in [0.05, 0.1) is 5.69 Å². The number of rotatable bonds is 5. The molecule has 2 aliphatic carbocycles. The van der Waals surface area contributed by atoms with Crippen LogP contribution in [0.1, 0.15) is 73.1 Å². The lowest BCUT2D eigenvalue weighted by molar-refractivity contribution is -0.118. The van der Waals surface area contributed by atoms with Gasteiger partial charge in [0.15, 0.2) is 11.5 Å². The molecule has 1 aromatic carbocycles. The number of halogens is 1. The Kier molecular flexibility index (Phi) is 6.18. The predicted octanol–water partition coefficient (Wildman–Crippen LogP) is 5.76. The molecule has 8 heteroatoms. The van der Waals surface area contributed by atoms with Crippen LogP contribution >= 0.6 is 0 Å². The minimum Gasteiger partial charge on any atom is -0.351 e. The number of hydrogen-bond acceptors (Lipinski definition) is 5. The third kappa shape index (κ3) is 4.34. The van der Waals surface area contributed by atoms with Crippen molar-refractivity contribution in [3.05, 3.63) is 82.7 Å². The van der Waals surface area contributed by atoms with E-state index in [0.29, 0.717) is 35.7 Å². The van der Waals surface area contributed by atoms with Crippen molar-refractivity contribution in [1.29, 1.82) is 0 Å². The van der Waals surface area contributed by atoms with E-state index >= 15 is 0 Å². The van der Waals surface area contributed by atoms with Crippen molar-refractivity contribution < 1.29 is 14.0 Å². The van der Waals surface area contributed by atoms with Crippen molar-refractivity contribution in [3.8, 4) is 11.1 Å². The van der Waals surface area contributed by atoms with E-state index in [0.717, 1.165) is 54.5 Å². The van der Waals surface area contributed by atoms with Gasteiger partial charge < -0.3 is 10.6 Å². The van der Waals surface area contributed by atoms with Crippen LogP contribution in [0.5, 0.6) is 0 Å². The zero-order valence-electron chi connectivity index (χ0n) is 21.3. The number of nitrogens with zero attached hydrogens (tertiary/aromatic N) is 2. The first-order chi connectivity index (χ1) is 18.5. The van der Waals surface area contributed by atoms with Gasteiger partial charge in [-0.1, -0.05) is 37.1 Å². The summed E-state index contributed by atoms with van der Waals surface area (Å²) >= 11 is 0. The molecule has 1 aliphatic heterocycles. The lowest BCUT2D eigenvalue weighted by atomic mass is 9.67. The van der Waals surface area contributed by atoms with Gasteiger partial charge in [-0.2, -0.15) is 5.10 Å². The van der Waals surface area contributed by atoms with E-state index in [9.17, 15) is 14.0 Å². The highest BCUT2D eigenvalue weighted by Gasteiger charge is 2.46. The van der Waals surface area contributed by atoms with Crippen LogP contribution in [-0.2, 0) is 4.79 Å². The molecule has 6 rings (SSSR count). The van der Waals surface area contributed by atoms with E-state index in [1.165, 1.54) is 12.1 Å². The van der Waals surface area contributed by atoms with Crippen LogP contribution in [0.2, 0.25) is 0 Å². The predicted molar refractivity (Wildman–Crippen MR) is 144 cm³/mol. The van der Waals surface area contributed by atoms with Crippen LogP contribution in [0, 0.1) is 11.2 Å². The molecule has 0 bridgehead atoms. The van der Waals surface area contributed by atoms with Crippen molar-refractivity contribution in [2.75, 3.05) is 11.9 Å². The Morgan fingerprint density at radius 1 is 1.18 bits per heavy atom. The first kappa shape index (κ1) is 24.3. The lowest BCUT2D eigenvalue weighted by Crippen LogP contribution is -2.35. The van der Waals surface area contributed by atoms with Crippen LogP contribution in [0.25, 0.3) is 17.2 Å². The number of aromatic amines is 1. The van der Waals surface area contributed by atoms with Crippen LogP contribution < -0.4 is 10.6 Å². The van der Waals surface area contributed by atoms with E-state index in [-0.39, 0.29) is 22.9 Å². The molecule has 1 amide bonds. The molecule has 0 radical (unpaired) electrons. The van der Waals surface area contributed by atoms with Crippen molar-refractivity contribution in [2.45, 2.75) is 51.4 Å². The van der Waals surface area contributed by atoms with Gasteiger partial charge in [0.25, 0.3) is 5.91 Å². The van der Waals surface area contributed by atoms with E-state index in [2.05, 4.69) is 25.8 Å². The summed E-state index contributed by atoms with van der Waals surface area (Å²) in [5.41, 5.74) is 4.92. The van der Waals surface area contributed by atoms with Gasteiger partial charge in [-0.05, 0) is 61.4 Å². The van der Waals surface area contributed by atoms with Crippen LogP contribution in [0.4, 0.5) is 10.2 Å². The molecule has 7 nitrogen and oxygen atoms in total. The topological polar surface area (TPSA) is 99.8 Å². The number of ketones is 1. The Morgan fingerprint density at radius 3 is 2.76 bits per heavy atom. The summed E-state index contributed by atoms with van der Waals surface area (Å²) in [5, 5.41) is 13.6. The van der Waals surface area contributed by atoms with Crippen LogP contribution in [0.15, 0.2) is 59.9 Å². The molecule has 0 saturated heterocycles. The lowest BCUT2D eigenvalue weighted by Gasteiger charge is -2.39. The molecule has 38 heavy (non-hydrogen) atoms. The molecular weight excluding hydrogens is 481 g/mol. The third-order valence-corrected chi connectivity index (χ3v) is 8.04. The zero-order chi connectivity index (χ0) is 26.3. The number of hydrogen-bond donors (Lipinski definition) is 3. The highest BCUT2D eigenvalue weighted by Crippen LogP contribution is 2.53. The van der Waals surface area contributed by atoms with Crippen molar-refractivity contribution in [3.63, 3.8) is 0 Å². The fraction of sp³-hybridized carbons (Fsp3) is 0.333. The zero-order valence-corrected chi connectivity index (χ0v) is 21.3. The van der Waals surface area contributed by atoms with Gasteiger partial charge in [-0.15, -0.1) is 0 Å². The average molecular weight is 512 g/mol. The number of carbonyl (C=O) groups excluding carboxylic acids is 2. The van der Waals surface area contributed by atoms with E-state index in [1.54, 1.807) is 12.3 Å². The Morgan fingerprint density at radius 2 is 2.03 bits per heavy atom. The van der Waals surface area contributed by atoms with Crippen molar-refractivity contribution >= 4 is 23.6 Å². The van der Waals surface area contributed by atoms with Gasteiger partial charge >= 0.3 is 0 Å². The summed E-state index contributed by atoms with van der Waals surface area (Å²) < 4.78 is 13.7. The first-order valence-corrected chi connectivity index (χ1v) is 13.3. The molecule has 1 unspecified atom stereocenters. The second-order valence-electron chi connectivity index (χ2n) is 10.5. The number of benzene rings is 1. The quantitative estimate of drug-likeness (QED) is 0.404. The van der Waals surface area contributed by atoms with Crippen LogP contribution in [-0.4, -0.2) is 33.4 Å². The number of Topliss-reactive ketones (excluding diaryl/α,β-unsaturated/α-hetero) is 1. The maximum absolute atomic E-state index is 13.7. The normalized spacial score (nSPS) is 19.9. The summed E-state index contributed by atoms with van der Waals surface area (Å²) in [6.45, 7) is 2.34. The van der Waals surface area contributed by atoms with Gasteiger partial charge in [0.1, 0.15) is 11.6 Å². The number of fused-ring (bicyclic) bond motifs is 1. The summed E-state index contributed by atoms with van der Waals surface area (Å²) in [7, 11) is 0. The highest BCUT2D eigenvalue weighted by atomic mass is 19.1. The highest BCUT2D eigenvalue weighted by molar-refractivity contribution is 6.03. The number of allylic oxidation sites excluding steroid dienone is 3. The van der Waals surface area contributed by atoms with E-state index in [4.69, 9.17) is 0 Å². The average Bonchev–Trinajstić information content (AvgIpc) is 3.54. The molecule has 194 valence electrons. The number of aromatic nitrogens is 3. The maximum atomic E-state index is 13.7. The molecule has 3 heterocycles. The summed E-state index contributed by atoms with van der Waals surface area (Å²) in [5.74, 6) is -0.192. The maximum Gasteiger partial charge on any atom is 0.272 e. The monoisotopic (exact) mass is 511 g/mol. The molecule has 2 aromatic heterocycles. The fourth-order valence-electron chi connectivity index (χ4n) is 6.28. The fourth-order valence-corrected chi connectivity index (χ4v) is 6.28. The smallest absolute Gasteiger partial charge is 0.272 e. The number of nitrogens with one attached hydrogen (secondary N) is 3. The molecule has 1 saturated carbocycles. The summed E-state index contributed by atoms with van der Waals surface area (Å²) in [6.07, 6.45) is 11.4. The SMILES string of the molecule is CCNC(=O)c1n[nH]c2c1C(/C=C/c1ccc(-c3cccc(F)c3)cn1)C1=C(CC3(CCCC3)CC1=O)N2. The largest absolute Gasteiger partial charge is 0.351 e. The Labute approximate surface area is 220 Å². The van der Waals surface area contributed by atoms with Crippen molar-refractivity contribution in [2.24, 2.45) is 5.41 Å². The molecule has 1 atom stereocenters. The summed E-state index contributed by atoms with van der Waals surface area (Å²) in [4.78, 5) is 31.1. The van der Waals surface area contributed by atoms with Gasteiger partial charge in [0, 0.05) is 47.5 Å². The number of carbonyl (C=O) groups is 2. The minimum absolute atomic E-state index is 0.0332. The standard InChI is InChI=1S/C30H30FN5O2/c1-2-32-29(38)27-26-22(11-10-21-9-8-19(17-33-21)18-6-5-7-20(31)14-18)25-23(34-28(26)36-35-27)15-30(16-24(25)37)12-3-4-13-30/h5-11,14,17,22H,2-4,12-13,15-16H2,1H3,(H,32,38)(H2,34,35,36)/b11-10+. The number of pyridine rings is 1. The number of H-pyrrole nitrogens is 1. The molecular formula is C30H30FN5O2. The van der Waals surface area contributed by atoms with Crippen LogP contribution in [0.3, 0.4) is 0 Å². The second kappa shape index (κ2) is 9.67. The summed E-state index contributed by atoms with van der Waals surface area (Å²) in [6, 6.07) is 10.2. The van der Waals surface area contributed by atoms with Gasteiger partial charge in [0.2, 0.25) is 0 Å². The van der Waals surface area contributed by atoms with E-state index in [1.807, 2.05) is 37.3 Å². The number of anilines is 1. The van der Waals surface area contributed by atoms with Gasteiger partial charge in [-0.25, -0.2) is 4.39 Å². The van der Waals surface area contributed by atoms with Gasteiger partial charge in [-0.3, -0.25) is 19.7 Å². The second-order valence-corrected chi connectivity index (χ2v) is 10.5. The Bertz CT molecular complexity index is 1460. The van der Waals surface area contributed by atoms with E-state index < -0.39 is 5.92 Å². The Hall–Kier alpha value is -4.07. The molecule has 3 aromatic rings. The first-order valence-electron chi connectivity index (χ1n) is 13.3. The van der Waals surface area contributed by atoms with Crippen molar-refractivity contribution in [1.82, 2.24) is 20.5 Å². The molecule has 1 spiro atoms. The molecule has 1 fully saturated rings. The minimum atomic E-state index is -0.423.